The number of rotatable bonds is 6. The molecule has 0 radical (unpaired) electrons. The van der Waals surface area contributed by atoms with E-state index in [1.165, 1.54) is 0 Å². The minimum absolute atomic E-state index is 0.616. The zero-order valence-electron chi connectivity index (χ0n) is 6.80. The summed E-state index contributed by atoms with van der Waals surface area (Å²) in [7, 11) is 0. The van der Waals surface area contributed by atoms with Crippen molar-refractivity contribution in [2.75, 3.05) is 24.8 Å². The molecule has 1 unspecified atom stereocenters. The Morgan fingerprint density at radius 2 is 2.30 bits per heavy atom. The van der Waals surface area contributed by atoms with Crippen LogP contribution in [0.15, 0.2) is 0 Å². The summed E-state index contributed by atoms with van der Waals surface area (Å²) in [6, 6.07) is 0. The van der Waals surface area contributed by atoms with Crippen LogP contribution in [0.2, 0.25) is 0 Å². The quantitative estimate of drug-likeness (QED) is 0.473. The summed E-state index contributed by atoms with van der Waals surface area (Å²) in [5.41, 5.74) is 5.43. The highest BCUT2D eigenvalue weighted by atomic mass is 32.2. The van der Waals surface area contributed by atoms with Gasteiger partial charge in [0.2, 0.25) is 0 Å². The highest BCUT2D eigenvalue weighted by Crippen LogP contribution is 2.06. The van der Waals surface area contributed by atoms with Gasteiger partial charge in [-0.25, -0.2) is 0 Å². The van der Waals surface area contributed by atoms with Gasteiger partial charge in [0.25, 0.3) is 0 Å². The molecule has 62 valence electrons. The van der Waals surface area contributed by atoms with Crippen molar-refractivity contribution >= 4 is 11.8 Å². The highest BCUT2D eigenvalue weighted by Gasteiger charge is 1.97. The van der Waals surface area contributed by atoms with Gasteiger partial charge in [-0.1, -0.05) is 6.92 Å². The van der Waals surface area contributed by atoms with Crippen molar-refractivity contribution in [1.29, 1.82) is 0 Å². The van der Waals surface area contributed by atoms with Crippen molar-refractivity contribution in [2.45, 2.75) is 13.8 Å². The van der Waals surface area contributed by atoms with E-state index in [0.717, 1.165) is 24.8 Å². The number of hydrogen-bond acceptors (Lipinski definition) is 3. The molecule has 0 spiro atoms. The molecule has 0 aliphatic carbocycles. The van der Waals surface area contributed by atoms with Crippen molar-refractivity contribution in [3.8, 4) is 0 Å². The molecule has 0 aromatic heterocycles. The fourth-order valence-electron chi connectivity index (χ4n) is 0.460. The molecule has 0 fully saturated rings. The standard InChI is InChI=1S/C7H17NOS/c1-3-9-6-10-5-7(2)4-8/h7H,3-6,8H2,1-2H3. The Kier molecular flexibility index (Phi) is 7.58. The van der Waals surface area contributed by atoms with Gasteiger partial charge in [0.05, 0.1) is 5.94 Å². The summed E-state index contributed by atoms with van der Waals surface area (Å²) < 4.78 is 5.15. The monoisotopic (exact) mass is 163 g/mol. The topological polar surface area (TPSA) is 35.2 Å². The second-order valence-corrected chi connectivity index (χ2v) is 3.30. The molecule has 0 amide bonds. The van der Waals surface area contributed by atoms with E-state index in [1.54, 1.807) is 0 Å². The van der Waals surface area contributed by atoms with Crippen molar-refractivity contribution in [1.82, 2.24) is 0 Å². The molecule has 0 rings (SSSR count). The van der Waals surface area contributed by atoms with Crippen LogP contribution in [0.4, 0.5) is 0 Å². The van der Waals surface area contributed by atoms with E-state index in [4.69, 9.17) is 10.5 Å². The largest absolute Gasteiger partial charge is 0.371 e. The second kappa shape index (κ2) is 7.38. The Bertz CT molecular complexity index is 70.6. The summed E-state index contributed by atoms with van der Waals surface area (Å²) >= 11 is 1.81. The van der Waals surface area contributed by atoms with Gasteiger partial charge in [0.1, 0.15) is 0 Å². The van der Waals surface area contributed by atoms with E-state index < -0.39 is 0 Å². The van der Waals surface area contributed by atoms with E-state index in [0.29, 0.717) is 5.92 Å². The molecule has 0 saturated carbocycles. The molecule has 0 aliphatic heterocycles. The SMILES string of the molecule is CCOCSCC(C)CN. The Hall–Kier alpha value is 0.270. The molecule has 0 aromatic carbocycles. The minimum atomic E-state index is 0.616. The number of ether oxygens (including phenoxy) is 1. The first-order valence-electron chi connectivity index (χ1n) is 3.66. The molecular formula is C7H17NOS. The number of nitrogens with two attached hydrogens (primary N) is 1. The molecule has 1 atom stereocenters. The molecule has 2 nitrogen and oxygen atoms in total. The smallest absolute Gasteiger partial charge is 0.0920 e. The molecule has 0 aliphatic rings. The average molecular weight is 163 g/mol. The van der Waals surface area contributed by atoms with E-state index in [9.17, 15) is 0 Å². The van der Waals surface area contributed by atoms with Gasteiger partial charge in [-0.05, 0) is 25.1 Å². The zero-order chi connectivity index (χ0) is 7.82. The Labute approximate surface area is 67.5 Å². The lowest BCUT2D eigenvalue weighted by Gasteiger charge is -2.06. The molecular weight excluding hydrogens is 146 g/mol. The summed E-state index contributed by atoms with van der Waals surface area (Å²) in [5.74, 6) is 2.53. The molecule has 0 bridgehead atoms. The summed E-state index contributed by atoms with van der Waals surface area (Å²) in [5, 5.41) is 0. The predicted octanol–water partition coefficient (Wildman–Crippen LogP) is 1.31. The minimum Gasteiger partial charge on any atom is -0.371 e. The van der Waals surface area contributed by atoms with E-state index >= 15 is 0 Å². The van der Waals surface area contributed by atoms with Crippen LogP contribution < -0.4 is 5.73 Å². The molecule has 0 saturated heterocycles. The summed E-state index contributed by atoms with van der Waals surface area (Å²) in [6.07, 6.45) is 0. The van der Waals surface area contributed by atoms with Gasteiger partial charge >= 0.3 is 0 Å². The Morgan fingerprint density at radius 3 is 2.80 bits per heavy atom. The van der Waals surface area contributed by atoms with Crippen LogP contribution in [-0.2, 0) is 4.74 Å². The van der Waals surface area contributed by atoms with Crippen LogP contribution in [0.1, 0.15) is 13.8 Å². The first kappa shape index (κ1) is 10.3. The lowest BCUT2D eigenvalue weighted by atomic mass is 10.2. The summed E-state index contributed by atoms with van der Waals surface area (Å²) in [4.78, 5) is 0. The maximum absolute atomic E-state index is 5.43. The van der Waals surface area contributed by atoms with Crippen LogP contribution in [0.5, 0.6) is 0 Å². The van der Waals surface area contributed by atoms with Gasteiger partial charge in [0.15, 0.2) is 0 Å². The van der Waals surface area contributed by atoms with Gasteiger partial charge in [0, 0.05) is 6.61 Å². The van der Waals surface area contributed by atoms with Crippen molar-refractivity contribution in [3.05, 3.63) is 0 Å². The van der Waals surface area contributed by atoms with Crippen LogP contribution in [-0.4, -0.2) is 24.8 Å². The third-order valence-corrected chi connectivity index (χ3v) is 2.31. The van der Waals surface area contributed by atoms with Crippen molar-refractivity contribution in [3.63, 3.8) is 0 Å². The highest BCUT2D eigenvalue weighted by molar-refractivity contribution is 7.99. The summed E-state index contributed by atoms with van der Waals surface area (Å²) in [6.45, 7) is 5.75. The van der Waals surface area contributed by atoms with Crippen LogP contribution in [0.25, 0.3) is 0 Å². The third-order valence-electron chi connectivity index (χ3n) is 1.18. The van der Waals surface area contributed by atoms with Crippen LogP contribution in [0, 0.1) is 5.92 Å². The van der Waals surface area contributed by atoms with E-state index in [1.807, 2.05) is 18.7 Å². The van der Waals surface area contributed by atoms with Crippen LogP contribution in [0.3, 0.4) is 0 Å². The van der Waals surface area contributed by atoms with Crippen molar-refractivity contribution in [2.24, 2.45) is 11.7 Å². The average Bonchev–Trinajstić information content (AvgIpc) is 1.98. The Morgan fingerprint density at radius 1 is 1.60 bits per heavy atom. The van der Waals surface area contributed by atoms with Crippen LogP contribution >= 0.6 is 11.8 Å². The zero-order valence-corrected chi connectivity index (χ0v) is 7.62. The second-order valence-electron chi connectivity index (χ2n) is 2.32. The van der Waals surface area contributed by atoms with Crippen molar-refractivity contribution < 1.29 is 4.74 Å². The lowest BCUT2D eigenvalue weighted by molar-refractivity contribution is 0.199. The van der Waals surface area contributed by atoms with Gasteiger partial charge < -0.3 is 10.5 Å². The molecule has 3 heteroatoms. The third kappa shape index (κ3) is 6.39. The maximum Gasteiger partial charge on any atom is 0.0920 e. The predicted molar refractivity (Wildman–Crippen MR) is 47.2 cm³/mol. The molecule has 0 aromatic rings. The number of thioether (sulfide) groups is 1. The molecule has 0 heterocycles. The fraction of sp³-hybridized carbons (Fsp3) is 1.00. The maximum atomic E-state index is 5.43. The fourth-order valence-corrected chi connectivity index (χ4v) is 1.38. The van der Waals surface area contributed by atoms with Gasteiger partial charge in [-0.15, -0.1) is 11.8 Å². The van der Waals surface area contributed by atoms with Gasteiger partial charge in [-0.2, -0.15) is 0 Å². The number of hydrogen-bond donors (Lipinski definition) is 1. The first-order valence-corrected chi connectivity index (χ1v) is 4.82. The first-order chi connectivity index (χ1) is 4.81. The Balaban J connectivity index is 2.89. The molecule has 2 N–H and O–H groups in total. The van der Waals surface area contributed by atoms with E-state index in [2.05, 4.69) is 6.92 Å². The normalized spacial score (nSPS) is 13.5. The molecule has 10 heavy (non-hydrogen) atoms. The lowest BCUT2D eigenvalue weighted by Crippen LogP contribution is -2.13. The van der Waals surface area contributed by atoms with Gasteiger partial charge in [-0.3, -0.25) is 0 Å². The van der Waals surface area contributed by atoms with E-state index in [-0.39, 0.29) is 0 Å².